The van der Waals surface area contributed by atoms with Gasteiger partial charge in [-0.3, -0.25) is 4.31 Å². The van der Waals surface area contributed by atoms with Gasteiger partial charge in [0.15, 0.2) is 0 Å². The minimum absolute atomic E-state index is 0.0223. The van der Waals surface area contributed by atoms with Gasteiger partial charge >= 0.3 is 5.97 Å². The van der Waals surface area contributed by atoms with Crippen LogP contribution in [0.4, 0.5) is 5.69 Å². The van der Waals surface area contributed by atoms with Gasteiger partial charge in [-0.15, -0.1) is 0 Å². The predicted octanol–water partition coefficient (Wildman–Crippen LogP) is 5.16. The van der Waals surface area contributed by atoms with Crippen molar-refractivity contribution in [3.63, 3.8) is 0 Å². The van der Waals surface area contributed by atoms with E-state index >= 15 is 0 Å². The van der Waals surface area contributed by atoms with E-state index in [1.165, 1.54) is 38.4 Å². The second-order valence-corrected chi connectivity index (χ2v) is 9.43. The molecule has 0 atom stereocenters. The first-order chi connectivity index (χ1) is 14.2. The van der Waals surface area contributed by atoms with E-state index in [1.807, 2.05) is 0 Å². The summed E-state index contributed by atoms with van der Waals surface area (Å²) in [5.41, 5.74) is 0.584. The van der Waals surface area contributed by atoms with Gasteiger partial charge in [0, 0.05) is 11.5 Å². The zero-order valence-electron chi connectivity index (χ0n) is 16.0. The smallest absolute Gasteiger partial charge is 0.343 e. The highest BCUT2D eigenvalue weighted by Gasteiger charge is 2.24. The number of carbonyl (C=O) groups excluding carboxylic acids is 1. The molecule has 3 aromatic carbocycles. The Labute approximate surface area is 188 Å². The molecule has 0 saturated heterocycles. The molecule has 3 aromatic rings. The highest BCUT2D eigenvalue weighted by atomic mass is 79.9. The highest BCUT2D eigenvalue weighted by Crippen LogP contribution is 2.31. The average molecular weight is 511 g/mol. The maximum Gasteiger partial charge on any atom is 0.343 e. The van der Waals surface area contributed by atoms with Crippen LogP contribution in [-0.4, -0.2) is 28.5 Å². The molecule has 0 N–H and O–H groups in total. The van der Waals surface area contributed by atoms with Gasteiger partial charge in [-0.1, -0.05) is 39.7 Å². The van der Waals surface area contributed by atoms with E-state index in [2.05, 4.69) is 15.9 Å². The summed E-state index contributed by atoms with van der Waals surface area (Å²) in [6, 6.07) is 17.1. The topological polar surface area (TPSA) is 72.9 Å². The summed E-state index contributed by atoms with van der Waals surface area (Å²) in [7, 11) is -0.958. The molecule has 9 heteroatoms. The van der Waals surface area contributed by atoms with Crippen molar-refractivity contribution in [1.29, 1.82) is 0 Å². The molecule has 0 spiro atoms. The lowest BCUT2D eigenvalue weighted by molar-refractivity contribution is 0.0734. The number of carbonyl (C=O) groups is 1. The number of esters is 1. The van der Waals surface area contributed by atoms with Crippen LogP contribution < -0.4 is 13.8 Å². The van der Waals surface area contributed by atoms with Crippen molar-refractivity contribution in [2.75, 3.05) is 18.5 Å². The number of halogens is 2. The van der Waals surface area contributed by atoms with Crippen LogP contribution in [0.25, 0.3) is 0 Å². The molecule has 3 rings (SSSR count). The largest absolute Gasteiger partial charge is 0.495 e. The summed E-state index contributed by atoms with van der Waals surface area (Å²) in [6.07, 6.45) is 0. The van der Waals surface area contributed by atoms with Crippen molar-refractivity contribution in [2.45, 2.75) is 4.90 Å². The van der Waals surface area contributed by atoms with Crippen LogP contribution in [0.15, 0.2) is 76.1 Å². The zero-order valence-corrected chi connectivity index (χ0v) is 19.2. The molecule has 0 fully saturated rings. The lowest BCUT2D eigenvalue weighted by atomic mass is 10.2. The van der Waals surface area contributed by atoms with E-state index in [0.29, 0.717) is 11.4 Å². The second kappa shape index (κ2) is 9.07. The quantitative estimate of drug-likeness (QED) is 0.338. The first-order valence-corrected chi connectivity index (χ1v) is 11.2. The van der Waals surface area contributed by atoms with Crippen LogP contribution in [0.2, 0.25) is 5.02 Å². The van der Waals surface area contributed by atoms with Gasteiger partial charge < -0.3 is 9.47 Å². The van der Waals surface area contributed by atoms with Gasteiger partial charge in [-0.05, 0) is 54.6 Å². The fraction of sp³-hybridized carbons (Fsp3) is 0.0952. The minimum Gasteiger partial charge on any atom is -0.495 e. The molecule has 0 saturated carbocycles. The normalized spacial score (nSPS) is 11.1. The third kappa shape index (κ3) is 4.61. The van der Waals surface area contributed by atoms with E-state index in [0.717, 1.165) is 8.78 Å². The Hall–Kier alpha value is -2.55. The second-order valence-electron chi connectivity index (χ2n) is 6.13. The van der Waals surface area contributed by atoms with E-state index in [9.17, 15) is 13.2 Å². The molecule has 0 aliphatic carbocycles. The van der Waals surface area contributed by atoms with Crippen LogP contribution in [-0.2, 0) is 10.0 Å². The molecule has 30 heavy (non-hydrogen) atoms. The third-order valence-electron chi connectivity index (χ3n) is 4.27. The summed E-state index contributed by atoms with van der Waals surface area (Å²) in [4.78, 5) is 12.4. The van der Waals surface area contributed by atoms with Gasteiger partial charge in [-0.25, -0.2) is 13.2 Å². The average Bonchev–Trinajstić information content (AvgIpc) is 2.75. The van der Waals surface area contributed by atoms with Crippen LogP contribution >= 0.6 is 27.5 Å². The molecule has 156 valence electrons. The first kappa shape index (κ1) is 22.1. The molecule has 0 radical (unpaired) electrons. The number of para-hydroxylation sites is 2. The number of ether oxygens (including phenoxy) is 2. The number of hydrogen-bond acceptors (Lipinski definition) is 5. The maximum atomic E-state index is 13.0. The van der Waals surface area contributed by atoms with Crippen LogP contribution in [0.1, 0.15) is 10.4 Å². The van der Waals surface area contributed by atoms with Gasteiger partial charge in [0.05, 0.1) is 28.3 Å². The Balaban J connectivity index is 1.82. The minimum atomic E-state index is -3.86. The van der Waals surface area contributed by atoms with Crippen molar-refractivity contribution in [1.82, 2.24) is 0 Å². The molecule has 0 aliphatic rings. The molecule has 0 unspecified atom stereocenters. The number of nitrogens with zero attached hydrogens (tertiary/aromatic N) is 1. The maximum absolute atomic E-state index is 13.0. The number of benzene rings is 3. The molecule has 0 amide bonds. The predicted molar refractivity (Wildman–Crippen MR) is 119 cm³/mol. The molecule has 0 aromatic heterocycles. The SMILES string of the molecule is COc1ccccc1N(C)S(=O)(=O)c1ccc(C(=O)Oc2ccc(Br)cc2Cl)cc1. The van der Waals surface area contributed by atoms with Crippen LogP contribution in [0.5, 0.6) is 11.5 Å². The number of anilines is 1. The van der Waals surface area contributed by atoms with Crippen molar-refractivity contribution in [3.8, 4) is 11.5 Å². The van der Waals surface area contributed by atoms with Crippen molar-refractivity contribution >= 4 is 49.2 Å². The van der Waals surface area contributed by atoms with E-state index in [1.54, 1.807) is 42.5 Å². The van der Waals surface area contributed by atoms with E-state index in [-0.39, 0.29) is 21.2 Å². The Morgan fingerprint density at radius 1 is 1.00 bits per heavy atom. The van der Waals surface area contributed by atoms with E-state index in [4.69, 9.17) is 21.1 Å². The van der Waals surface area contributed by atoms with E-state index < -0.39 is 16.0 Å². The standard InChI is InChI=1S/C21H17BrClNO5S/c1-24(18-5-3-4-6-20(18)28-2)30(26,27)16-10-7-14(8-11-16)21(25)29-19-12-9-15(22)13-17(19)23/h3-13H,1-2H3. The Bertz CT molecular complexity index is 1180. The first-order valence-electron chi connectivity index (χ1n) is 8.63. The lowest BCUT2D eigenvalue weighted by Gasteiger charge is -2.21. The van der Waals surface area contributed by atoms with Crippen molar-refractivity contribution in [2.24, 2.45) is 0 Å². The molecule has 0 heterocycles. The monoisotopic (exact) mass is 509 g/mol. The summed E-state index contributed by atoms with van der Waals surface area (Å²) < 4.78 is 38.4. The molecular weight excluding hydrogens is 494 g/mol. The van der Waals surface area contributed by atoms with Gasteiger partial charge in [-0.2, -0.15) is 0 Å². The molecule has 0 bridgehead atoms. The Morgan fingerprint density at radius 3 is 2.30 bits per heavy atom. The Kier molecular flexibility index (Phi) is 6.70. The van der Waals surface area contributed by atoms with Crippen molar-refractivity contribution < 1.29 is 22.7 Å². The third-order valence-corrected chi connectivity index (χ3v) is 6.84. The van der Waals surface area contributed by atoms with Crippen LogP contribution in [0, 0.1) is 0 Å². The van der Waals surface area contributed by atoms with Gasteiger partial charge in [0.1, 0.15) is 11.5 Å². The fourth-order valence-corrected chi connectivity index (χ4v) is 4.58. The van der Waals surface area contributed by atoms with Crippen molar-refractivity contribution in [3.05, 3.63) is 81.8 Å². The summed E-state index contributed by atoms with van der Waals surface area (Å²) in [5, 5.41) is 0.273. The number of hydrogen-bond donors (Lipinski definition) is 0. The molecule has 0 aliphatic heterocycles. The summed E-state index contributed by atoms with van der Waals surface area (Å²) >= 11 is 9.34. The number of sulfonamides is 1. The van der Waals surface area contributed by atoms with Gasteiger partial charge in [0.25, 0.3) is 10.0 Å². The highest BCUT2D eigenvalue weighted by molar-refractivity contribution is 9.10. The number of methoxy groups -OCH3 is 1. The Morgan fingerprint density at radius 2 is 1.67 bits per heavy atom. The lowest BCUT2D eigenvalue weighted by Crippen LogP contribution is -2.27. The summed E-state index contributed by atoms with van der Waals surface area (Å²) in [5.74, 6) is -0.0196. The number of rotatable bonds is 6. The van der Waals surface area contributed by atoms with Gasteiger partial charge in [0.2, 0.25) is 0 Å². The molecular formula is C21H17BrClNO5S. The van der Waals surface area contributed by atoms with Crippen LogP contribution in [0.3, 0.4) is 0 Å². The summed E-state index contributed by atoms with van der Waals surface area (Å²) in [6.45, 7) is 0. The fourth-order valence-electron chi connectivity index (χ4n) is 2.66. The molecule has 6 nitrogen and oxygen atoms in total. The zero-order chi connectivity index (χ0) is 21.9.